The van der Waals surface area contributed by atoms with Crippen LogP contribution in [0, 0.1) is 0 Å². The summed E-state index contributed by atoms with van der Waals surface area (Å²) < 4.78 is 0. The van der Waals surface area contributed by atoms with Gasteiger partial charge in [0.1, 0.15) is 10.6 Å². The van der Waals surface area contributed by atoms with E-state index in [9.17, 15) is 9.59 Å². The number of aromatic nitrogens is 2. The van der Waals surface area contributed by atoms with Crippen LogP contribution in [0.15, 0.2) is 60.7 Å². The minimum absolute atomic E-state index is 0.118. The van der Waals surface area contributed by atoms with Gasteiger partial charge < -0.3 is 20.4 Å². The Hall–Kier alpha value is -3.69. The zero-order chi connectivity index (χ0) is 24.4. The summed E-state index contributed by atoms with van der Waals surface area (Å²) in [6, 6.07) is 19.1. The molecule has 4 aromatic rings. The Morgan fingerprint density at radius 3 is 2.43 bits per heavy atom. The smallest absolute Gasteiger partial charge is 0.261 e. The molecule has 1 aliphatic heterocycles. The lowest BCUT2D eigenvalue weighted by Crippen LogP contribution is -2.44. The highest BCUT2D eigenvalue weighted by molar-refractivity contribution is 7.20. The number of piperazine rings is 1. The Morgan fingerprint density at radius 1 is 1.00 bits per heavy atom. The molecule has 1 atom stereocenters. The Kier molecular flexibility index (Phi) is 6.52. The van der Waals surface area contributed by atoms with Crippen molar-refractivity contribution >= 4 is 44.9 Å². The standard InChI is InChI=1S/C26H28N6O2S/c1-17(18-6-4-3-5-7-18)27-25(34)22-16-21-23(29-30-26(21)35-22)28-24(33)19-8-10-20(11-9-19)32-14-12-31(2)13-15-32/h3-11,16-17H,12-15H2,1-2H3,(H,27,34)(H2,28,29,30,33)/t17-/m1/s1. The molecule has 3 N–H and O–H groups in total. The number of anilines is 2. The molecule has 9 heteroatoms. The van der Waals surface area contributed by atoms with Crippen molar-refractivity contribution < 1.29 is 9.59 Å². The van der Waals surface area contributed by atoms with Gasteiger partial charge in [-0.2, -0.15) is 5.10 Å². The number of hydrogen-bond donors (Lipinski definition) is 3. The lowest BCUT2D eigenvalue weighted by atomic mass is 10.1. The van der Waals surface area contributed by atoms with Crippen LogP contribution in [-0.2, 0) is 0 Å². The molecule has 0 aliphatic carbocycles. The first-order valence-electron chi connectivity index (χ1n) is 11.7. The second-order valence-corrected chi connectivity index (χ2v) is 9.86. The molecule has 35 heavy (non-hydrogen) atoms. The van der Waals surface area contributed by atoms with E-state index >= 15 is 0 Å². The first kappa shape index (κ1) is 23.1. The first-order valence-corrected chi connectivity index (χ1v) is 12.5. The van der Waals surface area contributed by atoms with E-state index in [2.05, 4.69) is 37.7 Å². The summed E-state index contributed by atoms with van der Waals surface area (Å²) >= 11 is 1.29. The first-order chi connectivity index (χ1) is 17.0. The fourth-order valence-electron chi connectivity index (χ4n) is 4.18. The minimum Gasteiger partial charge on any atom is -0.369 e. The molecule has 2 amide bonds. The highest BCUT2D eigenvalue weighted by Gasteiger charge is 2.19. The van der Waals surface area contributed by atoms with E-state index in [1.54, 1.807) is 6.07 Å². The van der Waals surface area contributed by atoms with Crippen LogP contribution < -0.4 is 15.5 Å². The summed E-state index contributed by atoms with van der Waals surface area (Å²) in [5.41, 5.74) is 2.72. The molecule has 1 aliphatic rings. The number of carbonyl (C=O) groups is 2. The number of nitrogens with one attached hydrogen (secondary N) is 3. The maximum Gasteiger partial charge on any atom is 0.261 e. The van der Waals surface area contributed by atoms with E-state index < -0.39 is 0 Å². The Bertz CT molecular complexity index is 1320. The summed E-state index contributed by atoms with van der Waals surface area (Å²) in [6.07, 6.45) is 0. The van der Waals surface area contributed by atoms with E-state index in [-0.39, 0.29) is 17.9 Å². The van der Waals surface area contributed by atoms with Gasteiger partial charge >= 0.3 is 0 Å². The summed E-state index contributed by atoms with van der Waals surface area (Å²) in [6.45, 7) is 5.97. The second-order valence-electron chi connectivity index (χ2n) is 8.83. The maximum atomic E-state index is 12.9. The molecular weight excluding hydrogens is 460 g/mol. The van der Waals surface area contributed by atoms with E-state index in [1.165, 1.54) is 11.3 Å². The van der Waals surface area contributed by atoms with Gasteiger partial charge in [0.15, 0.2) is 0 Å². The van der Waals surface area contributed by atoms with Crippen LogP contribution >= 0.6 is 11.3 Å². The number of hydrogen-bond acceptors (Lipinski definition) is 6. The van der Waals surface area contributed by atoms with Gasteiger partial charge in [0.2, 0.25) is 0 Å². The Labute approximate surface area is 207 Å². The molecule has 8 nitrogen and oxygen atoms in total. The van der Waals surface area contributed by atoms with Crippen molar-refractivity contribution in [2.75, 3.05) is 43.4 Å². The van der Waals surface area contributed by atoms with Crippen molar-refractivity contribution in [2.24, 2.45) is 0 Å². The van der Waals surface area contributed by atoms with Crippen molar-refractivity contribution in [3.63, 3.8) is 0 Å². The number of fused-ring (bicyclic) bond motifs is 1. The summed E-state index contributed by atoms with van der Waals surface area (Å²) in [5.74, 6) is 0.0936. The van der Waals surface area contributed by atoms with Crippen molar-refractivity contribution in [1.29, 1.82) is 0 Å². The SMILES string of the molecule is C[C@@H](NC(=O)c1cc2c(NC(=O)c3ccc(N4CCN(C)CC4)cc3)[nH]nc2s1)c1ccccc1. The van der Waals surface area contributed by atoms with Gasteiger partial charge in [-0.25, -0.2) is 0 Å². The van der Waals surface area contributed by atoms with Crippen LogP contribution in [0.5, 0.6) is 0 Å². The van der Waals surface area contributed by atoms with Crippen LogP contribution in [0.25, 0.3) is 10.2 Å². The minimum atomic E-state index is -0.227. The van der Waals surface area contributed by atoms with Gasteiger partial charge in [0.25, 0.3) is 11.8 Å². The van der Waals surface area contributed by atoms with Crippen molar-refractivity contribution in [3.05, 3.63) is 76.7 Å². The third-order valence-electron chi connectivity index (χ3n) is 6.36. The number of aromatic amines is 1. The molecule has 1 saturated heterocycles. The van der Waals surface area contributed by atoms with Crippen LogP contribution in [0.4, 0.5) is 11.5 Å². The lowest BCUT2D eigenvalue weighted by molar-refractivity contribution is 0.0943. The molecule has 0 unspecified atom stereocenters. The average Bonchev–Trinajstić information content (AvgIpc) is 3.47. The zero-order valence-electron chi connectivity index (χ0n) is 19.7. The molecule has 2 aromatic heterocycles. The van der Waals surface area contributed by atoms with Crippen LogP contribution in [0.1, 0.15) is 38.6 Å². The molecule has 5 rings (SSSR count). The molecule has 1 fully saturated rings. The molecule has 0 radical (unpaired) electrons. The topological polar surface area (TPSA) is 93.4 Å². The number of carbonyl (C=O) groups excluding carboxylic acids is 2. The molecule has 3 heterocycles. The van der Waals surface area contributed by atoms with Crippen LogP contribution in [-0.4, -0.2) is 60.1 Å². The van der Waals surface area contributed by atoms with Crippen LogP contribution in [0.2, 0.25) is 0 Å². The summed E-state index contributed by atoms with van der Waals surface area (Å²) in [7, 11) is 2.13. The van der Waals surface area contributed by atoms with Gasteiger partial charge in [0.05, 0.1) is 16.3 Å². The van der Waals surface area contributed by atoms with Crippen molar-refractivity contribution in [2.45, 2.75) is 13.0 Å². The number of nitrogens with zero attached hydrogens (tertiary/aromatic N) is 3. The summed E-state index contributed by atoms with van der Waals surface area (Å²) in [4.78, 5) is 31.5. The second kappa shape index (κ2) is 9.89. The predicted octanol–water partition coefficient (Wildman–Crippen LogP) is 4.12. The van der Waals surface area contributed by atoms with Gasteiger partial charge in [-0.1, -0.05) is 30.3 Å². The number of H-pyrrole nitrogens is 1. The number of likely N-dealkylation sites (N-methyl/N-ethyl adjacent to an activating group) is 1. The molecule has 180 valence electrons. The van der Waals surface area contributed by atoms with Crippen molar-refractivity contribution in [3.8, 4) is 0 Å². The quantitative estimate of drug-likeness (QED) is 0.380. The number of rotatable bonds is 6. The fourth-order valence-corrected chi connectivity index (χ4v) is 5.08. The largest absolute Gasteiger partial charge is 0.369 e. The zero-order valence-corrected chi connectivity index (χ0v) is 20.6. The Morgan fingerprint density at radius 2 is 1.71 bits per heavy atom. The number of benzene rings is 2. The van der Waals surface area contributed by atoms with Crippen molar-refractivity contribution in [1.82, 2.24) is 20.4 Å². The molecule has 0 spiro atoms. The lowest BCUT2D eigenvalue weighted by Gasteiger charge is -2.34. The molecule has 0 bridgehead atoms. The fraction of sp³-hybridized carbons (Fsp3) is 0.269. The third kappa shape index (κ3) is 5.06. The van der Waals surface area contributed by atoms with Crippen LogP contribution in [0.3, 0.4) is 0 Å². The third-order valence-corrected chi connectivity index (χ3v) is 7.39. The van der Waals surface area contributed by atoms with E-state index in [1.807, 2.05) is 61.5 Å². The average molecular weight is 489 g/mol. The predicted molar refractivity (Wildman–Crippen MR) is 140 cm³/mol. The van der Waals surface area contributed by atoms with E-state index in [0.29, 0.717) is 21.1 Å². The highest BCUT2D eigenvalue weighted by atomic mass is 32.1. The Balaban J connectivity index is 1.25. The van der Waals surface area contributed by atoms with E-state index in [4.69, 9.17) is 0 Å². The van der Waals surface area contributed by atoms with E-state index in [0.717, 1.165) is 42.8 Å². The molecular formula is C26H28N6O2S. The number of amides is 2. The number of thiophene rings is 1. The summed E-state index contributed by atoms with van der Waals surface area (Å²) in [5, 5.41) is 13.8. The van der Waals surface area contributed by atoms with Gasteiger partial charge in [-0.05, 0) is 49.9 Å². The molecule has 2 aromatic carbocycles. The van der Waals surface area contributed by atoms with Gasteiger partial charge in [-0.3, -0.25) is 14.7 Å². The normalized spacial score (nSPS) is 15.2. The maximum absolute atomic E-state index is 12.9. The highest BCUT2D eigenvalue weighted by Crippen LogP contribution is 2.30. The monoisotopic (exact) mass is 488 g/mol. The van der Waals surface area contributed by atoms with Gasteiger partial charge in [0, 0.05) is 37.4 Å². The van der Waals surface area contributed by atoms with Gasteiger partial charge in [-0.15, -0.1) is 11.3 Å². The molecule has 0 saturated carbocycles.